The van der Waals surface area contributed by atoms with E-state index in [4.69, 9.17) is 4.74 Å². The molecule has 1 rings (SSSR count). The summed E-state index contributed by atoms with van der Waals surface area (Å²) in [5.41, 5.74) is 0. The predicted molar refractivity (Wildman–Crippen MR) is 60.8 cm³/mol. The van der Waals surface area contributed by atoms with E-state index >= 15 is 0 Å². The molecule has 1 heterocycles. The molecule has 5 heteroatoms. The van der Waals surface area contributed by atoms with Crippen molar-refractivity contribution < 1.29 is 13.2 Å². The van der Waals surface area contributed by atoms with E-state index in [1.54, 1.807) is 0 Å². The van der Waals surface area contributed by atoms with E-state index in [1.165, 1.54) is 0 Å². The summed E-state index contributed by atoms with van der Waals surface area (Å²) in [6, 6.07) is 0. The summed E-state index contributed by atoms with van der Waals surface area (Å²) in [7, 11) is -2.80. The van der Waals surface area contributed by atoms with Gasteiger partial charge < -0.3 is 9.64 Å². The van der Waals surface area contributed by atoms with Crippen LogP contribution in [-0.2, 0) is 14.6 Å². The molecule has 1 fully saturated rings. The minimum Gasteiger partial charge on any atom is -0.376 e. The summed E-state index contributed by atoms with van der Waals surface area (Å²) in [5.74, 6) is 0.508. The standard InChI is InChI=1S/C10H21NO3S/c1-3-11(4-2)6-7-14-10-5-8-15(12,13)9-10/h10H,3-9H2,1-2H3. The molecule has 1 unspecified atom stereocenters. The number of sulfone groups is 1. The Morgan fingerprint density at radius 1 is 1.33 bits per heavy atom. The third kappa shape index (κ3) is 4.49. The van der Waals surface area contributed by atoms with E-state index < -0.39 is 9.84 Å². The first kappa shape index (κ1) is 12.9. The fourth-order valence-corrected chi connectivity index (χ4v) is 3.40. The SMILES string of the molecule is CCN(CC)CCOC1CCS(=O)(=O)C1. The molecular weight excluding hydrogens is 214 g/mol. The van der Waals surface area contributed by atoms with Crippen LogP contribution >= 0.6 is 0 Å². The van der Waals surface area contributed by atoms with Gasteiger partial charge in [-0.3, -0.25) is 0 Å². The fourth-order valence-electron chi connectivity index (χ4n) is 1.78. The van der Waals surface area contributed by atoms with Crippen LogP contribution in [0.4, 0.5) is 0 Å². The third-order valence-corrected chi connectivity index (χ3v) is 4.58. The molecule has 90 valence electrons. The van der Waals surface area contributed by atoms with Gasteiger partial charge in [0.2, 0.25) is 0 Å². The molecule has 0 N–H and O–H groups in total. The van der Waals surface area contributed by atoms with Crippen molar-refractivity contribution >= 4 is 9.84 Å². The van der Waals surface area contributed by atoms with Gasteiger partial charge in [0.1, 0.15) is 0 Å². The summed E-state index contributed by atoms with van der Waals surface area (Å²) < 4.78 is 27.9. The van der Waals surface area contributed by atoms with E-state index in [1.807, 2.05) is 0 Å². The van der Waals surface area contributed by atoms with Crippen LogP contribution in [0.1, 0.15) is 20.3 Å². The van der Waals surface area contributed by atoms with Crippen molar-refractivity contribution in [2.75, 3.05) is 37.7 Å². The van der Waals surface area contributed by atoms with Crippen LogP contribution in [-0.4, -0.2) is 57.2 Å². The molecule has 1 aliphatic rings. The molecule has 0 saturated carbocycles. The number of hydrogen-bond acceptors (Lipinski definition) is 4. The smallest absolute Gasteiger partial charge is 0.152 e. The lowest BCUT2D eigenvalue weighted by atomic mass is 10.3. The highest BCUT2D eigenvalue weighted by molar-refractivity contribution is 7.91. The lowest BCUT2D eigenvalue weighted by Crippen LogP contribution is -2.29. The van der Waals surface area contributed by atoms with Crippen molar-refractivity contribution in [1.29, 1.82) is 0 Å². The molecule has 1 atom stereocenters. The van der Waals surface area contributed by atoms with Gasteiger partial charge in [-0.05, 0) is 19.5 Å². The zero-order valence-corrected chi connectivity index (χ0v) is 10.4. The average Bonchev–Trinajstić information content (AvgIpc) is 2.53. The highest BCUT2D eigenvalue weighted by atomic mass is 32.2. The van der Waals surface area contributed by atoms with Crippen LogP contribution in [0.15, 0.2) is 0 Å². The topological polar surface area (TPSA) is 46.6 Å². The molecule has 0 aromatic carbocycles. The Labute approximate surface area is 92.5 Å². The fraction of sp³-hybridized carbons (Fsp3) is 1.00. The van der Waals surface area contributed by atoms with Crippen LogP contribution in [0.2, 0.25) is 0 Å². The summed E-state index contributed by atoms with van der Waals surface area (Å²) in [4.78, 5) is 2.27. The molecular formula is C10H21NO3S. The lowest BCUT2D eigenvalue weighted by Gasteiger charge is -2.19. The van der Waals surface area contributed by atoms with Gasteiger partial charge in [-0.25, -0.2) is 8.42 Å². The van der Waals surface area contributed by atoms with Crippen molar-refractivity contribution in [1.82, 2.24) is 4.90 Å². The van der Waals surface area contributed by atoms with Gasteiger partial charge in [0.25, 0.3) is 0 Å². The second-order valence-electron chi connectivity index (χ2n) is 3.92. The summed E-state index contributed by atoms with van der Waals surface area (Å²) >= 11 is 0. The van der Waals surface area contributed by atoms with E-state index in [-0.39, 0.29) is 11.9 Å². The number of ether oxygens (including phenoxy) is 1. The van der Waals surface area contributed by atoms with Gasteiger partial charge in [-0.2, -0.15) is 0 Å². The summed E-state index contributed by atoms with van der Waals surface area (Å²) in [6.07, 6.45) is 0.603. The Morgan fingerprint density at radius 3 is 2.47 bits per heavy atom. The van der Waals surface area contributed by atoms with Gasteiger partial charge in [-0.1, -0.05) is 13.8 Å². The lowest BCUT2D eigenvalue weighted by molar-refractivity contribution is 0.0544. The Morgan fingerprint density at radius 2 is 2.00 bits per heavy atom. The number of nitrogens with zero attached hydrogens (tertiary/aromatic N) is 1. The molecule has 1 saturated heterocycles. The molecule has 0 aromatic heterocycles. The summed E-state index contributed by atoms with van der Waals surface area (Å²) in [6.45, 7) is 7.80. The maximum Gasteiger partial charge on any atom is 0.152 e. The van der Waals surface area contributed by atoms with E-state index in [9.17, 15) is 8.42 Å². The average molecular weight is 235 g/mol. The first-order valence-corrected chi connectivity index (χ1v) is 7.44. The molecule has 0 radical (unpaired) electrons. The van der Waals surface area contributed by atoms with Crippen molar-refractivity contribution in [2.45, 2.75) is 26.4 Å². The van der Waals surface area contributed by atoms with Crippen molar-refractivity contribution in [3.63, 3.8) is 0 Å². The van der Waals surface area contributed by atoms with Gasteiger partial charge in [0.15, 0.2) is 9.84 Å². The van der Waals surface area contributed by atoms with Crippen LogP contribution in [0.3, 0.4) is 0 Å². The molecule has 0 spiro atoms. The van der Waals surface area contributed by atoms with Crippen molar-refractivity contribution in [3.05, 3.63) is 0 Å². The van der Waals surface area contributed by atoms with Crippen molar-refractivity contribution in [3.8, 4) is 0 Å². The second-order valence-corrected chi connectivity index (χ2v) is 6.15. The monoisotopic (exact) mass is 235 g/mol. The maximum atomic E-state index is 11.2. The highest BCUT2D eigenvalue weighted by Crippen LogP contribution is 2.14. The minimum absolute atomic E-state index is 0.0643. The molecule has 15 heavy (non-hydrogen) atoms. The van der Waals surface area contributed by atoms with E-state index in [0.29, 0.717) is 18.8 Å². The predicted octanol–water partition coefficient (Wildman–Crippen LogP) is 0.532. The molecule has 1 aliphatic heterocycles. The zero-order chi connectivity index (χ0) is 11.3. The number of hydrogen-bond donors (Lipinski definition) is 0. The van der Waals surface area contributed by atoms with Crippen LogP contribution in [0.25, 0.3) is 0 Å². The molecule has 0 bridgehead atoms. The highest BCUT2D eigenvalue weighted by Gasteiger charge is 2.28. The normalized spacial score (nSPS) is 24.9. The number of likely N-dealkylation sites (N-methyl/N-ethyl adjacent to an activating group) is 1. The van der Waals surface area contributed by atoms with Crippen LogP contribution in [0.5, 0.6) is 0 Å². The third-order valence-electron chi connectivity index (χ3n) is 2.85. The van der Waals surface area contributed by atoms with E-state index in [2.05, 4.69) is 18.7 Å². The minimum atomic E-state index is -2.80. The van der Waals surface area contributed by atoms with Crippen molar-refractivity contribution in [2.24, 2.45) is 0 Å². The van der Waals surface area contributed by atoms with Gasteiger partial charge in [0.05, 0.1) is 24.2 Å². The quantitative estimate of drug-likeness (QED) is 0.674. The number of rotatable bonds is 6. The van der Waals surface area contributed by atoms with Crippen LogP contribution in [0, 0.1) is 0 Å². The van der Waals surface area contributed by atoms with Gasteiger partial charge >= 0.3 is 0 Å². The Hall–Kier alpha value is -0.130. The van der Waals surface area contributed by atoms with Gasteiger partial charge in [0, 0.05) is 6.54 Å². The largest absolute Gasteiger partial charge is 0.376 e. The van der Waals surface area contributed by atoms with E-state index in [0.717, 1.165) is 19.6 Å². The first-order valence-electron chi connectivity index (χ1n) is 5.61. The van der Waals surface area contributed by atoms with Gasteiger partial charge in [-0.15, -0.1) is 0 Å². The first-order chi connectivity index (χ1) is 7.07. The Bertz CT molecular complexity index is 272. The Kier molecular flexibility index (Phi) is 5.02. The molecule has 0 amide bonds. The zero-order valence-electron chi connectivity index (χ0n) is 9.61. The molecule has 0 aliphatic carbocycles. The maximum absolute atomic E-state index is 11.2. The molecule has 0 aromatic rings. The van der Waals surface area contributed by atoms with Crippen LogP contribution < -0.4 is 0 Å². The Balaban J connectivity index is 2.16. The molecule has 4 nitrogen and oxygen atoms in total. The summed E-state index contributed by atoms with van der Waals surface area (Å²) in [5, 5.41) is 0. The second kappa shape index (κ2) is 5.82.